The second-order valence-corrected chi connectivity index (χ2v) is 7.37. The van der Waals surface area contributed by atoms with Gasteiger partial charge in [0.25, 0.3) is 5.91 Å². The van der Waals surface area contributed by atoms with E-state index >= 15 is 0 Å². The number of halogens is 1. The van der Waals surface area contributed by atoms with Crippen LogP contribution in [0.1, 0.15) is 38.7 Å². The molecule has 0 saturated heterocycles. The number of rotatable bonds is 7. The second kappa shape index (κ2) is 9.38. The van der Waals surface area contributed by atoms with Gasteiger partial charge in [0, 0.05) is 30.6 Å². The fraction of sp³-hybridized carbons (Fsp3) is 0.208. The van der Waals surface area contributed by atoms with Gasteiger partial charge in [-0.15, -0.1) is 0 Å². The zero-order chi connectivity index (χ0) is 22.5. The van der Waals surface area contributed by atoms with E-state index in [0.717, 1.165) is 16.7 Å². The number of benzene rings is 2. The third kappa shape index (κ3) is 5.06. The Morgan fingerprint density at radius 1 is 1.13 bits per heavy atom. The molecule has 0 aliphatic heterocycles. The van der Waals surface area contributed by atoms with Gasteiger partial charge in [-0.05, 0) is 60.9 Å². The lowest BCUT2D eigenvalue weighted by Gasteiger charge is -2.26. The van der Waals surface area contributed by atoms with Crippen LogP contribution in [0.15, 0.2) is 60.9 Å². The molecule has 6 nitrogen and oxygen atoms in total. The molecule has 1 aromatic heterocycles. The van der Waals surface area contributed by atoms with Crippen LogP contribution in [0.5, 0.6) is 5.75 Å². The summed E-state index contributed by atoms with van der Waals surface area (Å²) in [5.41, 5.74) is 8.72. The van der Waals surface area contributed by atoms with E-state index in [4.69, 9.17) is 10.5 Å². The highest BCUT2D eigenvalue weighted by atomic mass is 19.1. The summed E-state index contributed by atoms with van der Waals surface area (Å²) < 4.78 is 19.6. The minimum Gasteiger partial charge on any atom is -0.488 e. The number of aryl methyl sites for hydroxylation is 2. The smallest absolute Gasteiger partial charge is 0.254 e. The number of aromatic nitrogens is 1. The van der Waals surface area contributed by atoms with Gasteiger partial charge in [-0.2, -0.15) is 0 Å². The van der Waals surface area contributed by atoms with Crippen molar-refractivity contribution in [1.82, 2.24) is 9.88 Å². The first-order valence-electron chi connectivity index (χ1n) is 9.73. The first-order chi connectivity index (χ1) is 14.8. The molecular weight excluding hydrogens is 397 g/mol. The van der Waals surface area contributed by atoms with Crippen molar-refractivity contribution in [1.29, 1.82) is 0 Å². The monoisotopic (exact) mass is 421 g/mol. The highest BCUT2D eigenvalue weighted by Crippen LogP contribution is 2.28. The Bertz CT molecular complexity index is 1080. The van der Waals surface area contributed by atoms with Gasteiger partial charge in [0.05, 0.1) is 0 Å². The largest absolute Gasteiger partial charge is 0.488 e. The van der Waals surface area contributed by atoms with Crippen molar-refractivity contribution in [3.63, 3.8) is 0 Å². The standard InChI is InChI=1S/C24H24FN3O3/c1-15-10-19(11-16(2)22(15)31-14-17-6-5-9-27-13-17)24(30)28(3)21(23(26)29)18-7-4-8-20(25)12-18/h4-13,21H,14H2,1-3H3,(H2,26,29). The third-order valence-electron chi connectivity index (χ3n) is 4.95. The number of pyridine rings is 1. The Kier molecular flexibility index (Phi) is 6.65. The number of amides is 2. The highest BCUT2D eigenvalue weighted by Gasteiger charge is 2.28. The molecule has 2 N–H and O–H groups in total. The van der Waals surface area contributed by atoms with Crippen LogP contribution in [0.3, 0.4) is 0 Å². The van der Waals surface area contributed by atoms with Crippen molar-refractivity contribution in [3.8, 4) is 5.75 Å². The molecular formula is C24H24FN3O3. The minimum atomic E-state index is -1.09. The van der Waals surface area contributed by atoms with E-state index in [1.54, 1.807) is 30.6 Å². The van der Waals surface area contributed by atoms with Crippen molar-refractivity contribution in [2.45, 2.75) is 26.5 Å². The molecule has 0 fully saturated rings. The van der Waals surface area contributed by atoms with Gasteiger partial charge < -0.3 is 15.4 Å². The lowest BCUT2D eigenvalue weighted by molar-refractivity contribution is -0.122. The maximum Gasteiger partial charge on any atom is 0.254 e. The van der Waals surface area contributed by atoms with Crippen LogP contribution in [0.4, 0.5) is 4.39 Å². The molecule has 31 heavy (non-hydrogen) atoms. The molecule has 1 heterocycles. The topological polar surface area (TPSA) is 85.5 Å². The molecule has 2 aromatic carbocycles. The number of carbonyl (C=O) groups is 2. The summed E-state index contributed by atoms with van der Waals surface area (Å²) in [6, 6.07) is 11.6. The molecule has 2 amide bonds. The SMILES string of the molecule is Cc1cc(C(=O)N(C)C(C(N)=O)c2cccc(F)c2)cc(C)c1OCc1cccnc1. The summed E-state index contributed by atoms with van der Waals surface area (Å²) in [5.74, 6) is -0.976. The number of nitrogens with zero attached hydrogens (tertiary/aromatic N) is 2. The maximum atomic E-state index is 13.7. The summed E-state index contributed by atoms with van der Waals surface area (Å²) >= 11 is 0. The van der Waals surface area contributed by atoms with Gasteiger partial charge in [0.15, 0.2) is 0 Å². The fourth-order valence-electron chi connectivity index (χ4n) is 3.52. The molecule has 3 rings (SSSR count). The summed E-state index contributed by atoms with van der Waals surface area (Å²) in [6.45, 7) is 4.05. The molecule has 1 atom stereocenters. The fourth-order valence-corrected chi connectivity index (χ4v) is 3.52. The molecule has 0 spiro atoms. The van der Waals surface area contributed by atoms with Gasteiger partial charge in [-0.1, -0.05) is 18.2 Å². The van der Waals surface area contributed by atoms with Crippen LogP contribution in [0.25, 0.3) is 0 Å². The Balaban J connectivity index is 1.84. The Morgan fingerprint density at radius 3 is 2.42 bits per heavy atom. The summed E-state index contributed by atoms with van der Waals surface area (Å²) in [6.07, 6.45) is 3.42. The van der Waals surface area contributed by atoms with E-state index in [1.165, 1.54) is 30.1 Å². The lowest BCUT2D eigenvalue weighted by atomic mass is 10.0. The van der Waals surface area contributed by atoms with E-state index in [1.807, 2.05) is 26.0 Å². The van der Waals surface area contributed by atoms with E-state index in [9.17, 15) is 14.0 Å². The normalized spacial score (nSPS) is 11.6. The van der Waals surface area contributed by atoms with Crippen molar-refractivity contribution in [3.05, 3.63) is 94.6 Å². The zero-order valence-electron chi connectivity index (χ0n) is 17.6. The molecule has 0 bridgehead atoms. The average molecular weight is 421 g/mol. The van der Waals surface area contributed by atoms with Crippen LogP contribution in [-0.2, 0) is 11.4 Å². The van der Waals surface area contributed by atoms with Crippen molar-refractivity contribution in [2.24, 2.45) is 5.73 Å². The van der Waals surface area contributed by atoms with Crippen LogP contribution < -0.4 is 10.5 Å². The summed E-state index contributed by atoms with van der Waals surface area (Å²) in [5, 5.41) is 0. The molecule has 3 aromatic rings. The molecule has 7 heteroatoms. The van der Waals surface area contributed by atoms with E-state index in [-0.39, 0.29) is 0 Å². The van der Waals surface area contributed by atoms with Gasteiger partial charge in [0.2, 0.25) is 5.91 Å². The van der Waals surface area contributed by atoms with Crippen molar-refractivity contribution in [2.75, 3.05) is 7.05 Å². The predicted octanol–water partition coefficient (Wildman–Crippen LogP) is 3.72. The van der Waals surface area contributed by atoms with E-state index < -0.39 is 23.7 Å². The Morgan fingerprint density at radius 2 is 1.84 bits per heavy atom. The Hall–Kier alpha value is -3.74. The van der Waals surface area contributed by atoms with Crippen LogP contribution in [0, 0.1) is 19.7 Å². The first kappa shape index (κ1) is 22.0. The maximum absolute atomic E-state index is 13.7. The lowest BCUT2D eigenvalue weighted by Crippen LogP contribution is -2.39. The molecule has 1 unspecified atom stereocenters. The van der Waals surface area contributed by atoms with E-state index in [2.05, 4.69) is 4.98 Å². The first-order valence-corrected chi connectivity index (χ1v) is 9.73. The van der Waals surface area contributed by atoms with Crippen LogP contribution in [0.2, 0.25) is 0 Å². The summed E-state index contributed by atoms with van der Waals surface area (Å²) in [7, 11) is 1.47. The van der Waals surface area contributed by atoms with Gasteiger partial charge in [-0.25, -0.2) is 4.39 Å². The summed E-state index contributed by atoms with van der Waals surface area (Å²) in [4.78, 5) is 30.5. The molecule has 0 saturated carbocycles. The molecule has 0 aliphatic rings. The zero-order valence-corrected chi connectivity index (χ0v) is 17.6. The van der Waals surface area contributed by atoms with Crippen molar-refractivity contribution >= 4 is 11.8 Å². The quantitative estimate of drug-likeness (QED) is 0.630. The number of nitrogens with two attached hydrogens (primary N) is 1. The third-order valence-corrected chi connectivity index (χ3v) is 4.95. The van der Waals surface area contributed by atoms with Gasteiger partial charge in [0.1, 0.15) is 24.2 Å². The average Bonchev–Trinajstić information content (AvgIpc) is 2.73. The number of carbonyl (C=O) groups excluding carboxylic acids is 2. The number of ether oxygens (including phenoxy) is 1. The second-order valence-electron chi connectivity index (χ2n) is 7.37. The van der Waals surface area contributed by atoms with Crippen LogP contribution in [-0.4, -0.2) is 28.7 Å². The molecule has 0 aliphatic carbocycles. The van der Waals surface area contributed by atoms with Gasteiger partial charge in [-0.3, -0.25) is 14.6 Å². The van der Waals surface area contributed by atoms with E-state index in [0.29, 0.717) is 23.5 Å². The molecule has 0 radical (unpaired) electrons. The Labute approximate surface area is 180 Å². The number of hydrogen-bond acceptors (Lipinski definition) is 4. The number of primary amides is 1. The highest BCUT2D eigenvalue weighted by molar-refractivity contribution is 5.98. The van der Waals surface area contributed by atoms with Crippen LogP contribution >= 0.6 is 0 Å². The number of likely N-dealkylation sites (N-methyl/N-ethyl adjacent to an activating group) is 1. The van der Waals surface area contributed by atoms with Crippen molar-refractivity contribution < 1.29 is 18.7 Å². The predicted molar refractivity (Wildman–Crippen MR) is 115 cm³/mol. The van der Waals surface area contributed by atoms with Gasteiger partial charge >= 0.3 is 0 Å². The molecule has 160 valence electrons. The minimum absolute atomic E-state index is 0.313. The number of hydrogen-bond donors (Lipinski definition) is 1.